The lowest BCUT2D eigenvalue weighted by Gasteiger charge is -2.12. The molecule has 5 nitrogen and oxygen atoms in total. The Hall–Kier alpha value is -0.720. The van der Waals surface area contributed by atoms with Crippen LogP contribution in [-0.4, -0.2) is 26.0 Å². The smallest absolute Gasteiger partial charge is 0.194 e. The fourth-order valence-corrected chi connectivity index (χ4v) is 1.01. The van der Waals surface area contributed by atoms with Gasteiger partial charge in [-0.05, 0) is 19.1 Å². The Morgan fingerprint density at radius 2 is 2.33 bits per heavy atom. The van der Waals surface area contributed by atoms with E-state index in [4.69, 9.17) is 18.0 Å². The second kappa shape index (κ2) is 3.34. The van der Waals surface area contributed by atoms with Gasteiger partial charge in [0.15, 0.2) is 10.6 Å². The van der Waals surface area contributed by atoms with Crippen molar-refractivity contribution in [3.05, 3.63) is 10.6 Å². The zero-order chi connectivity index (χ0) is 9.30. The quantitative estimate of drug-likeness (QED) is 0.564. The van der Waals surface area contributed by atoms with Crippen molar-refractivity contribution in [2.75, 3.05) is 0 Å². The van der Waals surface area contributed by atoms with Crippen LogP contribution in [0.5, 0.6) is 0 Å². The molecule has 0 saturated carbocycles. The molecule has 0 aliphatic heterocycles. The van der Waals surface area contributed by atoms with Gasteiger partial charge in [0.2, 0.25) is 0 Å². The van der Waals surface area contributed by atoms with Crippen LogP contribution in [0.2, 0.25) is 0 Å². The van der Waals surface area contributed by atoms with Crippen LogP contribution in [0.25, 0.3) is 0 Å². The molecular formula is C6H12N4OS. The Kier molecular flexibility index (Phi) is 2.61. The summed E-state index contributed by atoms with van der Waals surface area (Å²) >= 11 is 4.89. The monoisotopic (exact) mass is 188 g/mol. The zero-order valence-electron chi connectivity index (χ0n) is 6.98. The van der Waals surface area contributed by atoms with Crippen molar-refractivity contribution < 1.29 is 5.11 Å². The molecule has 12 heavy (non-hydrogen) atoms. The van der Waals surface area contributed by atoms with E-state index in [0.29, 0.717) is 10.6 Å². The number of H-pyrrole nitrogens is 1. The number of nitrogens with zero attached hydrogens (tertiary/aromatic N) is 2. The van der Waals surface area contributed by atoms with E-state index in [-0.39, 0.29) is 0 Å². The van der Waals surface area contributed by atoms with Gasteiger partial charge < -0.3 is 15.4 Å². The molecule has 0 aromatic carbocycles. The Labute approximate surface area is 75.2 Å². The maximum atomic E-state index is 9.18. The normalized spacial score (nSPS) is 16.0. The molecule has 1 heterocycles. The molecule has 0 radical (unpaired) electrons. The highest BCUT2D eigenvalue weighted by Crippen LogP contribution is 2.09. The number of nitrogens with one attached hydrogen (secondary N) is 1. The highest BCUT2D eigenvalue weighted by Gasteiger charge is 2.16. The number of aromatic nitrogens is 3. The molecule has 6 heteroatoms. The fraction of sp³-hybridized carbons (Fsp3) is 0.667. The molecule has 0 amide bonds. The number of nitrogens with two attached hydrogens (primary N) is 1. The van der Waals surface area contributed by atoms with E-state index in [0.717, 1.165) is 0 Å². The number of aliphatic hydroxyl groups is 1. The Morgan fingerprint density at radius 1 is 1.75 bits per heavy atom. The van der Waals surface area contributed by atoms with Gasteiger partial charge in [0.25, 0.3) is 0 Å². The molecule has 0 unspecified atom stereocenters. The summed E-state index contributed by atoms with van der Waals surface area (Å²) in [6, 6.07) is -0.497. The predicted octanol–water partition coefficient (Wildman–Crippen LogP) is -0.142. The molecule has 0 aliphatic rings. The molecule has 4 N–H and O–H groups in total. The average Bonchev–Trinajstić information content (AvgIpc) is 2.32. The van der Waals surface area contributed by atoms with Gasteiger partial charge in [0.05, 0.1) is 12.1 Å². The van der Waals surface area contributed by atoms with Gasteiger partial charge in [-0.3, -0.25) is 5.10 Å². The average molecular weight is 188 g/mol. The first-order chi connectivity index (χ1) is 5.54. The third-order valence-corrected chi connectivity index (χ3v) is 2.10. The molecule has 0 fully saturated rings. The van der Waals surface area contributed by atoms with Crippen LogP contribution in [-0.2, 0) is 7.05 Å². The van der Waals surface area contributed by atoms with Crippen molar-refractivity contribution in [3.8, 4) is 0 Å². The fourth-order valence-electron chi connectivity index (χ4n) is 0.873. The van der Waals surface area contributed by atoms with Crippen LogP contribution >= 0.6 is 12.2 Å². The second-order valence-corrected chi connectivity index (χ2v) is 3.10. The number of rotatable bonds is 2. The second-order valence-electron chi connectivity index (χ2n) is 2.71. The molecule has 1 rings (SSSR count). The maximum Gasteiger partial charge on any atom is 0.194 e. The minimum absolute atomic E-state index is 0.497. The standard InChI is InChI=1S/C6H12N4OS/c1-3(11)4(7)5-8-9-6(12)10(5)2/h3-4,11H,7H2,1-2H3,(H,9,12)/t3-,4-/m0/s1. The summed E-state index contributed by atoms with van der Waals surface area (Å²) in [5.74, 6) is 0.565. The highest BCUT2D eigenvalue weighted by molar-refractivity contribution is 7.71. The maximum absolute atomic E-state index is 9.18. The summed E-state index contributed by atoms with van der Waals surface area (Å²) in [6.45, 7) is 1.61. The summed E-state index contributed by atoms with van der Waals surface area (Å²) in [5.41, 5.74) is 5.65. The SMILES string of the molecule is C[C@H](O)[C@H](N)c1n[nH]c(=S)n1C. The summed E-state index contributed by atoms with van der Waals surface area (Å²) in [5, 5.41) is 15.7. The van der Waals surface area contributed by atoms with Gasteiger partial charge in [-0.15, -0.1) is 0 Å². The van der Waals surface area contributed by atoms with Gasteiger partial charge >= 0.3 is 0 Å². The van der Waals surface area contributed by atoms with E-state index in [2.05, 4.69) is 10.2 Å². The zero-order valence-corrected chi connectivity index (χ0v) is 7.80. The van der Waals surface area contributed by atoms with Crippen LogP contribution in [0, 0.1) is 4.77 Å². The molecule has 0 aliphatic carbocycles. The molecule has 1 aromatic heterocycles. The lowest BCUT2D eigenvalue weighted by atomic mass is 10.2. The van der Waals surface area contributed by atoms with Crippen LogP contribution in [0.1, 0.15) is 18.8 Å². The van der Waals surface area contributed by atoms with Crippen molar-refractivity contribution in [1.29, 1.82) is 0 Å². The summed E-state index contributed by atoms with van der Waals surface area (Å²) in [6.07, 6.45) is -0.631. The van der Waals surface area contributed by atoms with E-state index in [1.165, 1.54) is 0 Å². The molecular weight excluding hydrogens is 176 g/mol. The van der Waals surface area contributed by atoms with Crippen LogP contribution in [0.4, 0.5) is 0 Å². The largest absolute Gasteiger partial charge is 0.391 e. The van der Waals surface area contributed by atoms with Crippen molar-refractivity contribution in [3.63, 3.8) is 0 Å². The van der Waals surface area contributed by atoms with Crippen molar-refractivity contribution in [2.45, 2.75) is 19.1 Å². The number of aliphatic hydroxyl groups excluding tert-OH is 1. The number of hydrogen-bond acceptors (Lipinski definition) is 4. The molecule has 0 saturated heterocycles. The molecule has 2 atom stereocenters. The summed E-state index contributed by atoms with van der Waals surface area (Å²) in [7, 11) is 1.75. The Morgan fingerprint density at radius 3 is 2.67 bits per heavy atom. The van der Waals surface area contributed by atoms with Gasteiger partial charge in [0, 0.05) is 7.05 Å². The molecule has 68 valence electrons. The molecule has 0 spiro atoms. The first-order valence-corrected chi connectivity index (χ1v) is 3.99. The van der Waals surface area contributed by atoms with Gasteiger partial charge in [0.1, 0.15) is 0 Å². The Balaban J connectivity index is 3.03. The first kappa shape index (κ1) is 9.37. The third-order valence-electron chi connectivity index (χ3n) is 1.73. The first-order valence-electron chi connectivity index (χ1n) is 3.59. The van der Waals surface area contributed by atoms with E-state index in [9.17, 15) is 5.11 Å². The van der Waals surface area contributed by atoms with Crippen LogP contribution < -0.4 is 5.73 Å². The lowest BCUT2D eigenvalue weighted by molar-refractivity contribution is 0.159. The van der Waals surface area contributed by atoms with E-state index in [1.807, 2.05) is 0 Å². The molecule has 1 aromatic rings. The van der Waals surface area contributed by atoms with Gasteiger partial charge in [-0.2, -0.15) is 5.10 Å². The summed E-state index contributed by atoms with van der Waals surface area (Å²) < 4.78 is 2.15. The van der Waals surface area contributed by atoms with Gasteiger partial charge in [-0.1, -0.05) is 0 Å². The van der Waals surface area contributed by atoms with E-state index < -0.39 is 12.1 Å². The summed E-state index contributed by atoms with van der Waals surface area (Å²) in [4.78, 5) is 0. The molecule has 0 bridgehead atoms. The van der Waals surface area contributed by atoms with Crippen molar-refractivity contribution in [1.82, 2.24) is 14.8 Å². The van der Waals surface area contributed by atoms with E-state index >= 15 is 0 Å². The highest BCUT2D eigenvalue weighted by atomic mass is 32.1. The Bertz CT molecular complexity index is 316. The number of aromatic amines is 1. The van der Waals surface area contributed by atoms with Crippen LogP contribution in [0.3, 0.4) is 0 Å². The van der Waals surface area contributed by atoms with Crippen LogP contribution in [0.15, 0.2) is 0 Å². The minimum Gasteiger partial charge on any atom is -0.391 e. The van der Waals surface area contributed by atoms with E-state index in [1.54, 1.807) is 18.5 Å². The predicted molar refractivity (Wildman–Crippen MR) is 47.0 cm³/mol. The van der Waals surface area contributed by atoms with Crippen molar-refractivity contribution >= 4 is 12.2 Å². The lowest BCUT2D eigenvalue weighted by Crippen LogP contribution is -2.26. The van der Waals surface area contributed by atoms with Crippen molar-refractivity contribution in [2.24, 2.45) is 12.8 Å². The third kappa shape index (κ3) is 1.55. The topological polar surface area (TPSA) is 79.9 Å². The minimum atomic E-state index is -0.631. The van der Waals surface area contributed by atoms with Gasteiger partial charge in [-0.25, -0.2) is 0 Å². The number of hydrogen-bond donors (Lipinski definition) is 3.